The van der Waals surface area contributed by atoms with Gasteiger partial charge in [-0.1, -0.05) is 19.9 Å². The van der Waals surface area contributed by atoms with Crippen LogP contribution in [-0.2, 0) is 17.7 Å². The molecular formula is C25H36FN3O2. The Morgan fingerprint density at radius 1 is 1.10 bits per heavy atom. The van der Waals surface area contributed by atoms with Crippen molar-refractivity contribution in [1.82, 2.24) is 9.88 Å². The zero-order chi connectivity index (χ0) is 22.3. The molecule has 2 aliphatic rings. The number of hydrogen-bond donors (Lipinski definition) is 1. The smallest absolute Gasteiger partial charge is 0.128 e. The van der Waals surface area contributed by atoms with Gasteiger partial charge in [0.2, 0.25) is 0 Å². The van der Waals surface area contributed by atoms with Crippen molar-refractivity contribution in [3.05, 3.63) is 59.0 Å². The quantitative estimate of drug-likeness (QED) is 0.780. The second kappa shape index (κ2) is 11.0. The number of benzene rings is 1. The molecule has 0 atom stereocenters. The average Bonchev–Trinajstić information content (AvgIpc) is 2.77. The molecule has 170 valence electrons. The fourth-order valence-electron chi connectivity index (χ4n) is 4.49. The third kappa shape index (κ3) is 6.25. The van der Waals surface area contributed by atoms with Gasteiger partial charge in [0.25, 0.3) is 0 Å². The number of hydrogen-bond acceptors (Lipinski definition) is 5. The van der Waals surface area contributed by atoms with Gasteiger partial charge in [-0.25, -0.2) is 9.37 Å². The highest BCUT2D eigenvalue weighted by Gasteiger charge is 2.40. The summed E-state index contributed by atoms with van der Waals surface area (Å²) in [6, 6.07) is 9.28. The molecule has 0 saturated carbocycles. The highest BCUT2D eigenvalue weighted by Crippen LogP contribution is 2.32. The van der Waals surface area contributed by atoms with E-state index in [1.165, 1.54) is 11.6 Å². The molecule has 3 heterocycles. The fourth-order valence-corrected chi connectivity index (χ4v) is 4.49. The maximum absolute atomic E-state index is 13.9. The Balaban J connectivity index is 0.00000132. The number of rotatable bonds is 5. The van der Waals surface area contributed by atoms with Gasteiger partial charge in [0.15, 0.2) is 0 Å². The molecule has 0 unspecified atom stereocenters. The van der Waals surface area contributed by atoms with Crippen molar-refractivity contribution in [2.45, 2.75) is 52.2 Å². The lowest BCUT2D eigenvalue weighted by Crippen LogP contribution is -2.57. The molecule has 2 aliphatic heterocycles. The zero-order valence-electron chi connectivity index (χ0n) is 19.1. The first-order valence-electron chi connectivity index (χ1n) is 11.5. The molecular weight excluding hydrogens is 393 g/mol. The summed E-state index contributed by atoms with van der Waals surface area (Å²) < 4.78 is 20.2. The number of aliphatic hydroxyl groups excluding tert-OH is 1. The lowest BCUT2D eigenvalue weighted by Gasteiger charge is -2.47. The van der Waals surface area contributed by atoms with Gasteiger partial charge in [-0.2, -0.15) is 0 Å². The number of likely N-dealkylation sites (tertiary alicyclic amines) is 1. The van der Waals surface area contributed by atoms with Crippen LogP contribution < -0.4 is 4.90 Å². The standard InChI is InChI=1S/C23H30FN3O2.C2H6/c1-18-2-6-25-22(12-18)27-9-11-29-23(17-27)4-7-26(8-5-23)16-20-13-19(3-10-28)14-21(24)15-20;1-2/h2,6,12-15,28H,3-5,7-11,16-17H2,1H3;1-2H3. The molecule has 5 nitrogen and oxygen atoms in total. The Morgan fingerprint density at radius 3 is 2.55 bits per heavy atom. The summed E-state index contributed by atoms with van der Waals surface area (Å²) in [5.41, 5.74) is 2.93. The van der Waals surface area contributed by atoms with Crippen LogP contribution in [-0.4, -0.2) is 60.0 Å². The lowest BCUT2D eigenvalue weighted by atomic mass is 9.89. The third-order valence-corrected chi connectivity index (χ3v) is 6.06. The average molecular weight is 430 g/mol. The summed E-state index contributed by atoms with van der Waals surface area (Å²) in [5, 5.41) is 9.13. The van der Waals surface area contributed by atoms with Crippen LogP contribution in [0.5, 0.6) is 0 Å². The summed E-state index contributed by atoms with van der Waals surface area (Å²) in [4.78, 5) is 9.27. The fraction of sp³-hybridized carbons (Fsp3) is 0.560. The minimum Gasteiger partial charge on any atom is -0.396 e. The molecule has 6 heteroatoms. The number of halogens is 1. The predicted octanol–water partition coefficient (Wildman–Crippen LogP) is 3.96. The minimum atomic E-state index is -0.226. The molecule has 4 rings (SSSR count). The maximum atomic E-state index is 13.9. The van der Waals surface area contributed by atoms with Crippen molar-refractivity contribution in [2.24, 2.45) is 0 Å². The molecule has 1 spiro atoms. The number of ether oxygens (including phenoxy) is 1. The largest absolute Gasteiger partial charge is 0.396 e. The summed E-state index contributed by atoms with van der Waals surface area (Å²) in [7, 11) is 0. The van der Waals surface area contributed by atoms with Gasteiger partial charge in [0, 0.05) is 45.5 Å². The van der Waals surface area contributed by atoms with Gasteiger partial charge in [-0.05, 0) is 67.1 Å². The van der Waals surface area contributed by atoms with E-state index in [-0.39, 0.29) is 18.0 Å². The van der Waals surface area contributed by atoms with Crippen LogP contribution in [0.1, 0.15) is 43.4 Å². The Bertz CT molecular complexity index is 837. The van der Waals surface area contributed by atoms with E-state index < -0.39 is 0 Å². The highest BCUT2D eigenvalue weighted by atomic mass is 19.1. The van der Waals surface area contributed by atoms with Gasteiger partial charge in [0.05, 0.1) is 12.2 Å². The van der Waals surface area contributed by atoms with Crippen LogP contribution in [0.2, 0.25) is 0 Å². The van der Waals surface area contributed by atoms with Crippen LogP contribution in [0.25, 0.3) is 0 Å². The number of pyridine rings is 1. The second-order valence-corrected chi connectivity index (χ2v) is 8.36. The van der Waals surface area contributed by atoms with Crippen LogP contribution in [0.3, 0.4) is 0 Å². The first-order valence-corrected chi connectivity index (χ1v) is 11.5. The minimum absolute atomic E-state index is 0.0404. The van der Waals surface area contributed by atoms with E-state index >= 15 is 0 Å². The summed E-state index contributed by atoms with van der Waals surface area (Å²) in [6.45, 7) is 11.2. The van der Waals surface area contributed by atoms with Gasteiger partial charge in [-0.15, -0.1) is 0 Å². The second-order valence-electron chi connectivity index (χ2n) is 8.36. The number of anilines is 1. The number of aliphatic hydroxyl groups is 1. The predicted molar refractivity (Wildman–Crippen MR) is 123 cm³/mol. The maximum Gasteiger partial charge on any atom is 0.128 e. The molecule has 0 aliphatic carbocycles. The topological polar surface area (TPSA) is 48.8 Å². The van der Waals surface area contributed by atoms with Crippen molar-refractivity contribution in [3.8, 4) is 0 Å². The summed E-state index contributed by atoms with van der Waals surface area (Å²) in [6.07, 6.45) is 4.30. The van der Waals surface area contributed by atoms with E-state index in [0.717, 1.165) is 69.1 Å². The molecule has 1 aromatic carbocycles. The van der Waals surface area contributed by atoms with Crippen molar-refractivity contribution in [1.29, 1.82) is 0 Å². The number of morpholine rings is 1. The van der Waals surface area contributed by atoms with Gasteiger partial charge in [-0.3, -0.25) is 4.90 Å². The number of aromatic nitrogens is 1. The van der Waals surface area contributed by atoms with Crippen LogP contribution in [0.4, 0.5) is 10.2 Å². The third-order valence-electron chi connectivity index (χ3n) is 6.06. The van der Waals surface area contributed by atoms with Gasteiger partial charge in [0.1, 0.15) is 11.6 Å². The molecule has 0 amide bonds. The van der Waals surface area contributed by atoms with E-state index in [1.54, 1.807) is 6.07 Å². The SMILES string of the molecule is CC.Cc1ccnc(N2CCOC3(CCN(Cc4cc(F)cc(CCO)c4)CC3)C2)c1. The molecule has 2 fully saturated rings. The number of nitrogens with zero attached hydrogens (tertiary/aromatic N) is 3. The van der Waals surface area contributed by atoms with E-state index in [4.69, 9.17) is 9.84 Å². The first kappa shape index (κ1) is 23.6. The highest BCUT2D eigenvalue weighted by molar-refractivity contribution is 5.41. The first-order chi connectivity index (χ1) is 15.0. The number of piperidine rings is 1. The zero-order valence-corrected chi connectivity index (χ0v) is 19.1. The molecule has 1 aromatic heterocycles. The normalized spacial score (nSPS) is 18.5. The monoisotopic (exact) mass is 429 g/mol. The Morgan fingerprint density at radius 2 is 1.84 bits per heavy atom. The molecule has 1 N–H and O–H groups in total. The lowest BCUT2D eigenvalue weighted by molar-refractivity contribution is -0.0922. The van der Waals surface area contributed by atoms with E-state index in [9.17, 15) is 4.39 Å². The number of aryl methyl sites for hydroxylation is 1. The van der Waals surface area contributed by atoms with Crippen LogP contribution in [0.15, 0.2) is 36.5 Å². The van der Waals surface area contributed by atoms with Crippen molar-refractivity contribution < 1.29 is 14.2 Å². The molecule has 0 bridgehead atoms. The Kier molecular flexibility index (Phi) is 8.41. The van der Waals surface area contributed by atoms with Crippen LogP contribution in [0, 0.1) is 12.7 Å². The Hall–Kier alpha value is -2.02. The Labute approximate surface area is 185 Å². The van der Waals surface area contributed by atoms with Crippen molar-refractivity contribution in [2.75, 3.05) is 44.3 Å². The van der Waals surface area contributed by atoms with E-state index in [2.05, 4.69) is 27.8 Å². The molecule has 2 aromatic rings. The van der Waals surface area contributed by atoms with Crippen molar-refractivity contribution >= 4 is 5.82 Å². The van der Waals surface area contributed by atoms with Crippen LogP contribution >= 0.6 is 0 Å². The van der Waals surface area contributed by atoms with Gasteiger partial charge >= 0.3 is 0 Å². The molecule has 31 heavy (non-hydrogen) atoms. The van der Waals surface area contributed by atoms with Crippen molar-refractivity contribution in [3.63, 3.8) is 0 Å². The molecule has 0 radical (unpaired) electrons. The van der Waals surface area contributed by atoms with E-state index in [0.29, 0.717) is 6.42 Å². The summed E-state index contributed by atoms with van der Waals surface area (Å²) in [5.74, 6) is 0.808. The summed E-state index contributed by atoms with van der Waals surface area (Å²) >= 11 is 0. The van der Waals surface area contributed by atoms with E-state index in [1.807, 2.05) is 32.2 Å². The van der Waals surface area contributed by atoms with Gasteiger partial charge < -0.3 is 14.7 Å². The molecule has 2 saturated heterocycles.